The molecule has 14 heavy (non-hydrogen) atoms. The highest BCUT2D eigenvalue weighted by atomic mass is 16.3. The summed E-state index contributed by atoms with van der Waals surface area (Å²) >= 11 is 0. The van der Waals surface area contributed by atoms with Gasteiger partial charge in [-0.05, 0) is 18.2 Å². The Morgan fingerprint density at radius 2 is 2.07 bits per heavy atom. The number of likely N-dealkylation sites (tertiary alicyclic amines) is 1. The van der Waals surface area contributed by atoms with E-state index in [1.165, 1.54) is 0 Å². The Balaban J connectivity index is 2.19. The standard InChI is InChI=1S/C12H15NO/c1-13-8-11(12(14)9-13)7-10-5-3-2-4-6-10/h2-7,12,14H,8-9H2,1H3/b11-7+. The summed E-state index contributed by atoms with van der Waals surface area (Å²) in [5, 5.41) is 9.71. The largest absolute Gasteiger partial charge is 0.387 e. The average molecular weight is 189 g/mol. The number of aliphatic hydroxyl groups is 1. The van der Waals surface area contributed by atoms with Crippen molar-refractivity contribution >= 4 is 6.08 Å². The second-order valence-corrected chi connectivity index (χ2v) is 3.84. The minimum absolute atomic E-state index is 0.291. The van der Waals surface area contributed by atoms with Crippen LogP contribution in [0, 0.1) is 0 Å². The molecule has 2 nitrogen and oxygen atoms in total. The van der Waals surface area contributed by atoms with Gasteiger partial charge in [0, 0.05) is 13.1 Å². The third kappa shape index (κ3) is 2.03. The number of aliphatic hydroxyl groups excluding tert-OH is 1. The van der Waals surface area contributed by atoms with Gasteiger partial charge in [-0.15, -0.1) is 0 Å². The summed E-state index contributed by atoms with van der Waals surface area (Å²) < 4.78 is 0. The summed E-state index contributed by atoms with van der Waals surface area (Å²) in [4.78, 5) is 2.12. The molecule has 1 unspecified atom stereocenters. The Kier molecular flexibility index (Phi) is 2.66. The van der Waals surface area contributed by atoms with Gasteiger partial charge in [0.2, 0.25) is 0 Å². The summed E-state index contributed by atoms with van der Waals surface area (Å²) in [7, 11) is 2.02. The Labute approximate surface area is 84.5 Å². The molecular formula is C12H15NO. The zero-order valence-corrected chi connectivity index (χ0v) is 8.35. The fourth-order valence-electron chi connectivity index (χ4n) is 1.80. The summed E-state index contributed by atoms with van der Waals surface area (Å²) in [6, 6.07) is 10.1. The number of hydrogen-bond acceptors (Lipinski definition) is 2. The van der Waals surface area contributed by atoms with Crippen molar-refractivity contribution in [1.29, 1.82) is 0 Å². The molecule has 1 aliphatic heterocycles. The van der Waals surface area contributed by atoms with Crippen LogP contribution in [-0.4, -0.2) is 36.2 Å². The lowest BCUT2D eigenvalue weighted by Gasteiger charge is -2.02. The van der Waals surface area contributed by atoms with Crippen molar-refractivity contribution in [3.63, 3.8) is 0 Å². The maximum absolute atomic E-state index is 9.71. The summed E-state index contributed by atoms with van der Waals surface area (Å²) in [5.74, 6) is 0. The molecule has 0 spiro atoms. The van der Waals surface area contributed by atoms with Crippen LogP contribution in [0.4, 0.5) is 0 Å². The highest BCUT2D eigenvalue weighted by Gasteiger charge is 2.21. The van der Waals surface area contributed by atoms with E-state index < -0.39 is 0 Å². The molecule has 0 amide bonds. The van der Waals surface area contributed by atoms with E-state index in [1.807, 2.05) is 25.2 Å². The van der Waals surface area contributed by atoms with E-state index in [9.17, 15) is 5.11 Å². The maximum atomic E-state index is 9.71. The molecule has 0 saturated carbocycles. The highest BCUT2D eigenvalue weighted by molar-refractivity contribution is 5.54. The normalized spacial score (nSPS) is 25.9. The zero-order chi connectivity index (χ0) is 9.97. The smallest absolute Gasteiger partial charge is 0.0892 e. The molecule has 0 aromatic heterocycles. The third-order valence-corrected chi connectivity index (χ3v) is 2.52. The molecule has 0 bridgehead atoms. The Morgan fingerprint density at radius 1 is 1.36 bits per heavy atom. The Bertz CT molecular complexity index is 331. The summed E-state index contributed by atoms with van der Waals surface area (Å²) in [5.41, 5.74) is 2.27. The van der Waals surface area contributed by atoms with Gasteiger partial charge in [-0.2, -0.15) is 0 Å². The Morgan fingerprint density at radius 3 is 2.64 bits per heavy atom. The van der Waals surface area contributed by atoms with Crippen molar-refractivity contribution in [2.45, 2.75) is 6.10 Å². The van der Waals surface area contributed by atoms with Crippen LogP contribution in [0.5, 0.6) is 0 Å². The molecule has 1 aliphatic rings. The van der Waals surface area contributed by atoms with Crippen LogP contribution in [0.15, 0.2) is 35.9 Å². The third-order valence-electron chi connectivity index (χ3n) is 2.52. The zero-order valence-electron chi connectivity index (χ0n) is 8.35. The van der Waals surface area contributed by atoms with Crippen LogP contribution < -0.4 is 0 Å². The lowest BCUT2D eigenvalue weighted by atomic mass is 10.1. The Hall–Kier alpha value is -1.12. The maximum Gasteiger partial charge on any atom is 0.0892 e. The van der Waals surface area contributed by atoms with E-state index in [1.54, 1.807) is 0 Å². The number of rotatable bonds is 1. The molecule has 0 aliphatic carbocycles. The minimum Gasteiger partial charge on any atom is -0.387 e. The SMILES string of the molecule is CN1C/C(=C\c2ccccc2)C(O)C1. The molecule has 1 fully saturated rings. The van der Waals surface area contributed by atoms with Crippen LogP contribution in [0.25, 0.3) is 6.08 Å². The molecule has 74 valence electrons. The topological polar surface area (TPSA) is 23.5 Å². The first-order chi connectivity index (χ1) is 6.75. The van der Waals surface area contributed by atoms with Crippen molar-refractivity contribution in [2.24, 2.45) is 0 Å². The van der Waals surface area contributed by atoms with Crippen molar-refractivity contribution in [1.82, 2.24) is 4.90 Å². The van der Waals surface area contributed by atoms with Gasteiger partial charge in [0.05, 0.1) is 6.10 Å². The molecule has 1 aromatic carbocycles. The molecular weight excluding hydrogens is 174 g/mol. The van der Waals surface area contributed by atoms with E-state index in [0.29, 0.717) is 0 Å². The first-order valence-electron chi connectivity index (χ1n) is 4.88. The lowest BCUT2D eigenvalue weighted by Crippen LogP contribution is -2.15. The quantitative estimate of drug-likeness (QED) is 0.721. The van der Waals surface area contributed by atoms with Gasteiger partial charge in [-0.1, -0.05) is 36.4 Å². The van der Waals surface area contributed by atoms with Crippen molar-refractivity contribution in [2.75, 3.05) is 20.1 Å². The molecule has 1 aromatic rings. The second kappa shape index (κ2) is 3.95. The first kappa shape index (κ1) is 9.44. The molecule has 2 rings (SSSR count). The van der Waals surface area contributed by atoms with Crippen LogP contribution >= 0.6 is 0 Å². The number of hydrogen-bond donors (Lipinski definition) is 1. The predicted molar refractivity (Wildman–Crippen MR) is 57.9 cm³/mol. The molecule has 1 atom stereocenters. The lowest BCUT2D eigenvalue weighted by molar-refractivity contribution is 0.206. The van der Waals surface area contributed by atoms with Gasteiger partial charge >= 0.3 is 0 Å². The van der Waals surface area contributed by atoms with Crippen LogP contribution in [0.2, 0.25) is 0 Å². The monoisotopic (exact) mass is 189 g/mol. The van der Waals surface area contributed by atoms with Gasteiger partial charge in [0.15, 0.2) is 0 Å². The van der Waals surface area contributed by atoms with E-state index >= 15 is 0 Å². The van der Waals surface area contributed by atoms with Gasteiger partial charge in [0.25, 0.3) is 0 Å². The number of β-amino-alcohol motifs (C(OH)–C–C–N with tert-alkyl or cyclic N) is 1. The van der Waals surface area contributed by atoms with Crippen LogP contribution in [-0.2, 0) is 0 Å². The van der Waals surface area contributed by atoms with Crippen LogP contribution in [0.1, 0.15) is 5.56 Å². The molecule has 1 heterocycles. The number of nitrogens with zero attached hydrogens (tertiary/aromatic N) is 1. The highest BCUT2D eigenvalue weighted by Crippen LogP contribution is 2.17. The fourth-order valence-corrected chi connectivity index (χ4v) is 1.80. The van der Waals surface area contributed by atoms with Crippen LogP contribution in [0.3, 0.4) is 0 Å². The van der Waals surface area contributed by atoms with Gasteiger partial charge in [0.1, 0.15) is 0 Å². The predicted octanol–water partition coefficient (Wildman–Crippen LogP) is 1.38. The van der Waals surface area contributed by atoms with Crippen molar-refractivity contribution < 1.29 is 5.11 Å². The molecule has 2 heteroatoms. The second-order valence-electron chi connectivity index (χ2n) is 3.84. The minimum atomic E-state index is -0.291. The van der Waals surface area contributed by atoms with E-state index in [2.05, 4.69) is 23.1 Å². The average Bonchev–Trinajstić information content (AvgIpc) is 2.47. The summed E-state index contributed by atoms with van der Waals surface area (Å²) in [6.45, 7) is 1.62. The van der Waals surface area contributed by atoms with E-state index in [-0.39, 0.29) is 6.10 Å². The molecule has 1 saturated heterocycles. The van der Waals surface area contributed by atoms with Crippen molar-refractivity contribution in [3.05, 3.63) is 41.5 Å². The van der Waals surface area contributed by atoms with E-state index in [0.717, 1.165) is 24.2 Å². The van der Waals surface area contributed by atoms with E-state index in [4.69, 9.17) is 0 Å². The van der Waals surface area contributed by atoms with Gasteiger partial charge in [-0.3, -0.25) is 4.90 Å². The van der Waals surface area contributed by atoms with Gasteiger partial charge < -0.3 is 5.11 Å². The first-order valence-corrected chi connectivity index (χ1v) is 4.88. The fraction of sp³-hybridized carbons (Fsp3) is 0.333. The molecule has 1 N–H and O–H groups in total. The molecule has 0 radical (unpaired) electrons. The number of benzene rings is 1. The number of likely N-dealkylation sites (N-methyl/N-ethyl adjacent to an activating group) is 1. The van der Waals surface area contributed by atoms with Gasteiger partial charge in [-0.25, -0.2) is 0 Å². The van der Waals surface area contributed by atoms with Crippen molar-refractivity contribution in [3.8, 4) is 0 Å². The summed E-state index contributed by atoms with van der Waals surface area (Å²) in [6.07, 6.45) is 1.79.